The molecule has 2 aromatic rings. The highest BCUT2D eigenvalue weighted by molar-refractivity contribution is 7.89. The van der Waals surface area contributed by atoms with Crippen LogP contribution in [0, 0.1) is 6.92 Å². The molecule has 0 spiro atoms. The molecule has 1 amide bonds. The molecular formula is C14H16N4O4S. The molecule has 3 rings (SSSR count). The molecule has 122 valence electrons. The van der Waals surface area contributed by atoms with Gasteiger partial charge in [0.05, 0.1) is 17.1 Å². The molecule has 0 saturated carbocycles. The quantitative estimate of drug-likeness (QED) is 0.828. The Balaban J connectivity index is 1.71. The predicted octanol–water partition coefficient (Wildman–Crippen LogP) is 0.501. The molecule has 1 aromatic heterocycles. The lowest BCUT2D eigenvalue weighted by atomic mass is 10.2. The van der Waals surface area contributed by atoms with Crippen molar-refractivity contribution in [1.29, 1.82) is 0 Å². The second-order valence-corrected chi connectivity index (χ2v) is 6.86. The number of hydrogen-bond donors (Lipinski definition) is 2. The van der Waals surface area contributed by atoms with Crippen molar-refractivity contribution in [3.8, 4) is 5.75 Å². The third-order valence-electron chi connectivity index (χ3n) is 3.44. The third-order valence-corrected chi connectivity index (χ3v) is 4.90. The summed E-state index contributed by atoms with van der Waals surface area (Å²) in [5, 5.41) is 6.68. The van der Waals surface area contributed by atoms with E-state index in [2.05, 4.69) is 15.1 Å². The lowest BCUT2D eigenvalue weighted by Gasteiger charge is -2.18. The summed E-state index contributed by atoms with van der Waals surface area (Å²) >= 11 is 0. The number of fused-ring (bicyclic) bond motifs is 1. The van der Waals surface area contributed by atoms with Crippen molar-refractivity contribution < 1.29 is 17.9 Å². The molecule has 9 heteroatoms. The fraction of sp³-hybridized carbons (Fsp3) is 0.286. The van der Waals surface area contributed by atoms with Gasteiger partial charge >= 0.3 is 0 Å². The first-order valence-electron chi connectivity index (χ1n) is 7.00. The smallest absolute Gasteiger partial charge is 0.262 e. The summed E-state index contributed by atoms with van der Waals surface area (Å²) in [6.07, 6.45) is 1.66. The van der Waals surface area contributed by atoms with Gasteiger partial charge in [0.1, 0.15) is 5.75 Å². The van der Waals surface area contributed by atoms with E-state index in [1.807, 2.05) is 13.0 Å². The number of rotatable bonds is 5. The Bertz CT molecular complexity index is 844. The van der Waals surface area contributed by atoms with Crippen molar-refractivity contribution in [2.75, 3.05) is 18.5 Å². The van der Waals surface area contributed by atoms with E-state index in [-0.39, 0.29) is 24.0 Å². The number of ether oxygens (including phenoxy) is 1. The van der Waals surface area contributed by atoms with Crippen LogP contribution in [0.15, 0.2) is 35.4 Å². The summed E-state index contributed by atoms with van der Waals surface area (Å²) in [6.45, 7) is 2.47. The summed E-state index contributed by atoms with van der Waals surface area (Å²) in [5.41, 5.74) is 1.31. The largest absolute Gasteiger partial charge is 0.482 e. The van der Waals surface area contributed by atoms with Gasteiger partial charge < -0.3 is 10.1 Å². The van der Waals surface area contributed by atoms with Crippen LogP contribution in [0.2, 0.25) is 0 Å². The summed E-state index contributed by atoms with van der Waals surface area (Å²) in [7, 11) is -3.68. The van der Waals surface area contributed by atoms with Crippen molar-refractivity contribution in [2.24, 2.45) is 0 Å². The summed E-state index contributed by atoms with van der Waals surface area (Å²) in [6, 6.07) is 6.20. The Hall–Kier alpha value is -2.39. The number of sulfonamides is 1. The normalized spacial score (nSPS) is 14.0. The van der Waals surface area contributed by atoms with Crippen molar-refractivity contribution in [3.63, 3.8) is 0 Å². The number of carbonyl (C=O) groups excluding carboxylic acids is 1. The van der Waals surface area contributed by atoms with E-state index in [9.17, 15) is 13.2 Å². The Labute approximate surface area is 133 Å². The maximum Gasteiger partial charge on any atom is 0.262 e. The SMILES string of the molecule is Cc1ccnn1CCNS(=O)(=O)c1ccc2c(c1)NC(=O)CO2. The number of benzene rings is 1. The minimum atomic E-state index is -3.68. The zero-order chi connectivity index (χ0) is 16.4. The molecule has 8 nitrogen and oxygen atoms in total. The molecule has 0 aliphatic carbocycles. The van der Waals surface area contributed by atoms with Crippen molar-refractivity contribution in [1.82, 2.24) is 14.5 Å². The fourth-order valence-corrected chi connectivity index (χ4v) is 3.28. The van der Waals surface area contributed by atoms with Crippen LogP contribution in [-0.4, -0.2) is 37.3 Å². The maximum atomic E-state index is 12.3. The molecule has 1 aromatic carbocycles. The van der Waals surface area contributed by atoms with Crippen molar-refractivity contribution >= 4 is 21.6 Å². The van der Waals surface area contributed by atoms with Gasteiger partial charge in [-0.1, -0.05) is 0 Å². The minimum absolute atomic E-state index is 0.0687. The topological polar surface area (TPSA) is 102 Å². The highest BCUT2D eigenvalue weighted by atomic mass is 32.2. The molecule has 0 atom stereocenters. The third kappa shape index (κ3) is 3.35. The monoisotopic (exact) mass is 336 g/mol. The first-order chi connectivity index (χ1) is 11.0. The molecule has 0 saturated heterocycles. The summed E-state index contributed by atoms with van der Waals surface area (Å²) in [4.78, 5) is 11.4. The number of aromatic nitrogens is 2. The van der Waals surface area contributed by atoms with Crippen LogP contribution in [0.1, 0.15) is 5.69 Å². The van der Waals surface area contributed by atoms with E-state index < -0.39 is 10.0 Å². The molecule has 1 aliphatic heterocycles. The Kier molecular flexibility index (Phi) is 4.05. The van der Waals surface area contributed by atoms with E-state index >= 15 is 0 Å². The van der Waals surface area contributed by atoms with Gasteiger partial charge in [-0.3, -0.25) is 9.48 Å². The van der Waals surface area contributed by atoms with Gasteiger partial charge in [-0.2, -0.15) is 5.10 Å². The van der Waals surface area contributed by atoms with E-state index in [0.717, 1.165) is 5.69 Å². The lowest BCUT2D eigenvalue weighted by molar-refractivity contribution is -0.118. The minimum Gasteiger partial charge on any atom is -0.482 e. The number of hydrogen-bond acceptors (Lipinski definition) is 5. The first-order valence-corrected chi connectivity index (χ1v) is 8.49. The van der Waals surface area contributed by atoms with Gasteiger partial charge in [-0.15, -0.1) is 0 Å². The molecule has 1 aliphatic rings. The first kappa shape index (κ1) is 15.5. The second kappa shape index (κ2) is 6.01. The number of amides is 1. The summed E-state index contributed by atoms with van der Waals surface area (Å²) < 4.78 is 34.1. The molecule has 23 heavy (non-hydrogen) atoms. The fourth-order valence-electron chi connectivity index (χ4n) is 2.23. The van der Waals surface area contributed by atoms with Gasteiger partial charge in [0, 0.05) is 18.4 Å². The number of anilines is 1. The zero-order valence-electron chi connectivity index (χ0n) is 12.4. The maximum absolute atomic E-state index is 12.3. The number of nitrogens with zero attached hydrogens (tertiary/aromatic N) is 2. The standard InChI is InChI=1S/C14H16N4O4S/c1-10-4-5-15-18(10)7-6-16-23(20,21)11-2-3-13-12(8-11)17-14(19)9-22-13/h2-5,8,16H,6-7,9H2,1H3,(H,17,19). The summed E-state index contributed by atoms with van der Waals surface area (Å²) in [5.74, 6) is 0.143. The van der Waals surface area contributed by atoms with Gasteiger partial charge in [-0.05, 0) is 31.2 Å². The van der Waals surface area contributed by atoms with Crippen LogP contribution in [0.25, 0.3) is 0 Å². The van der Waals surface area contributed by atoms with Gasteiger partial charge in [-0.25, -0.2) is 13.1 Å². The highest BCUT2D eigenvalue weighted by Crippen LogP contribution is 2.29. The number of nitrogens with one attached hydrogen (secondary N) is 2. The van der Waals surface area contributed by atoms with E-state index in [4.69, 9.17) is 4.74 Å². The average Bonchev–Trinajstić information content (AvgIpc) is 2.91. The van der Waals surface area contributed by atoms with Crippen LogP contribution in [0.5, 0.6) is 5.75 Å². The highest BCUT2D eigenvalue weighted by Gasteiger charge is 2.20. The molecule has 0 fully saturated rings. The van der Waals surface area contributed by atoms with Crippen molar-refractivity contribution in [2.45, 2.75) is 18.4 Å². The van der Waals surface area contributed by atoms with E-state index in [0.29, 0.717) is 18.0 Å². The van der Waals surface area contributed by atoms with Crippen LogP contribution in [-0.2, 0) is 21.4 Å². The molecule has 0 radical (unpaired) electrons. The van der Waals surface area contributed by atoms with Gasteiger partial charge in [0.15, 0.2) is 6.61 Å². The Morgan fingerprint density at radius 2 is 2.22 bits per heavy atom. The predicted molar refractivity (Wildman–Crippen MR) is 82.7 cm³/mol. The molecular weight excluding hydrogens is 320 g/mol. The van der Waals surface area contributed by atoms with Crippen LogP contribution < -0.4 is 14.8 Å². The Morgan fingerprint density at radius 1 is 1.39 bits per heavy atom. The van der Waals surface area contributed by atoms with E-state index in [1.54, 1.807) is 10.9 Å². The van der Waals surface area contributed by atoms with Crippen LogP contribution in [0.4, 0.5) is 5.69 Å². The van der Waals surface area contributed by atoms with Crippen molar-refractivity contribution in [3.05, 3.63) is 36.2 Å². The zero-order valence-corrected chi connectivity index (χ0v) is 13.3. The van der Waals surface area contributed by atoms with Gasteiger partial charge in [0.25, 0.3) is 5.91 Å². The Morgan fingerprint density at radius 3 is 2.96 bits per heavy atom. The lowest BCUT2D eigenvalue weighted by Crippen LogP contribution is -2.29. The molecule has 0 bridgehead atoms. The molecule has 2 heterocycles. The molecule has 2 N–H and O–H groups in total. The molecule has 0 unspecified atom stereocenters. The van der Waals surface area contributed by atoms with Crippen LogP contribution in [0.3, 0.4) is 0 Å². The average molecular weight is 336 g/mol. The number of carbonyl (C=O) groups is 1. The van der Waals surface area contributed by atoms with Gasteiger partial charge in [0.2, 0.25) is 10.0 Å². The van der Waals surface area contributed by atoms with E-state index in [1.165, 1.54) is 18.2 Å². The number of aryl methyl sites for hydroxylation is 1. The second-order valence-electron chi connectivity index (χ2n) is 5.09. The van der Waals surface area contributed by atoms with Crippen LogP contribution >= 0.6 is 0 Å².